The summed E-state index contributed by atoms with van der Waals surface area (Å²) in [6, 6.07) is 81.6. The topological polar surface area (TPSA) is 51.6 Å². The summed E-state index contributed by atoms with van der Waals surface area (Å²) >= 11 is 3.44. The van der Waals surface area contributed by atoms with E-state index < -0.39 is 0 Å². The van der Waals surface area contributed by atoms with E-state index >= 15 is 0 Å². The molecule has 0 amide bonds. The Morgan fingerprint density at radius 1 is 0.235 bits per heavy atom. The zero-order valence-corrected chi connectivity index (χ0v) is 38.2. The smallest absolute Gasteiger partial charge is 0.161 e. The summed E-state index contributed by atoms with van der Waals surface area (Å²) in [5, 5.41) is 4.57. The first-order valence-electron chi connectivity index (χ1n) is 22.7. The van der Waals surface area contributed by atoms with Crippen LogP contribution in [0.15, 0.2) is 231 Å². The maximum absolute atomic E-state index is 5.31. The molecule has 13 rings (SSSR count). The fraction of sp³-hybridized carbons (Fsp3) is 0. The molecule has 0 bridgehead atoms. The van der Waals surface area contributed by atoms with Gasteiger partial charge in [0.05, 0.1) is 11.4 Å². The van der Waals surface area contributed by atoms with Crippen molar-refractivity contribution in [3.8, 4) is 89.8 Å². The molecule has 0 aliphatic carbocycles. The van der Waals surface area contributed by atoms with Crippen LogP contribution in [0.25, 0.3) is 130 Å². The minimum atomic E-state index is 0.720. The number of hydrogen-bond donors (Lipinski definition) is 0. The van der Waals surface area contributed by atoms with E-state index in [4.69, 9.17) is 19.9 Å². The molecule has 0 fully saturated rings. The number of rotatable bonds is 8. The van der Waals surface area contributed by atoms with Gasteiger partial charge < -0.3 is 0 Å². The van der Waals surface area contributed by atoms with Gasteiger partial charge in [-0.1, -0.05) is 206 Å². The molecule has 4 heterocycles. The largest absolute Gasteiger partial charge is 0.227 e. The van der Waals surface area contributed by atoms with Crippen LogP contribution in [-0.4, -0.2) is 19.9 Å². The molecule has 9 aromatic carbocycles. The Labute approximate surface area is 401 Å². The molecule has 0 atom stereocenters. The van der Waals surface area contributed by atoms with Crippen LogP contribution < -0.4 is 0 Å². The lowest BCUT2D eigenvalue weighted by Crippen LogP contribution is -1.94. The van der Waals surface area contributed by atoms with Crippen molar-refractivity contribution in [2.75, 3.05) is 0 Å². The van der Waals surface area contributed by atoms with Crippen LogP contribution >= 0.6 is 22.7 Å². The first-order chi connectivity index (χ1) is 33.7. The number of nitrogens with zero attached hydrogens (tertiary/aromatic N) is 4. The van der Waals surface area contributed by atoms with Crippen LogP contribution in [0.2, 0.25) is 0 Å². The highest BCUT2D eigenvalue weighted by Gasteiger charge is 2.19. The summed E-state index contributed by atoms with van der Waals surface area (Å²) in [4.78, 5) is 23.0. The minimum Gasteiger partial charge on any atom is -0.227 e. The number of benzene rings is 9. The van der Waals surface area contributed by atoms with E-state index in [0.29, 0.717) is 0 Å². The van der Waals surface area contributed by atoms with Crippen molar-refractivity contribution < 1.29 is 0 Å². The van der Waals surface area contributed by atoms with Crippen LogP contribution in [-0.2, 0) is 0 Å². The zero-order chi connectivity index (χ0) is 45.0. The molecule has 0 spiro atoms. The summed E-state index contributed by atoms with van der Waals surface area (Å²) in [5.41, 5.74) is 15.3. The molecule has 0 unspecified atom stereocenters. The second-order valence-electron chi connectivity index (χ2n) is 17.0. The Morgan fingerprint density at radius 3 is 0.941 bits per heavy atom. The SMILES string of the molecule is c1ccc(-c2cccc(-c3nc(-c4ccc(-c5ccc(-c6ccc(-c7nc(-c8cccc(-c9ccccc9)c8)c8c(n7)sc7ccccc78)cc6)cc5)cc4)nc4sc5ccccc5c34)c2)cc1. The molecule has 0 saturated heterocycles. The zero-order valence-electron chi connectivity index (χ0n) is 36.5. The fourth-order valence-electron chi connectivity index (χ4n) is 9.35. The minimum absolute atomic E-state index is 0.720. The van der Waals surface area contributed by atoms with Crippen LogP contribution in [0.1, 0.15) is 0 Å². The molecule has 0 aliphatic rings. The van der Waals surface area contributed by atoms with Gasteiger partial charge in [0.25, 0.3) is 0 Å². The van der Waals surface area contributed by atoms with E-state index in [2.05, 4.69) is 231 Å². The van der Waals surface area contributed by atoms with Crippen LogP contribution in [0.5, 0.6) is 0 Å². The fourth-order valence-corrected chi connectivity index (χ4v) is 11.5. The molecule has 6 heteroatoms. The lowest BCUT2D eigenvalue weighted by molar-refractivity contribution is 1.24. The van der Waals surface area contributed by atoms with Gasteiger partial charge >= 0.3 is 0 Å². The van der Waals surface area contributed by atoms with E-state index in [1.165, 1.54) is 31.3 Å². The van der Waals surface area contributed by atoms with Crippen LogP contribution in [0.4, 0.5) is 0 Å². The molecular formula is C62H38N4S2. The van der Waals surface area contributed by atoms with E-state index in [1.54, 1.807) is 22.7 Å². The second kappa shape index (κ2) is 16.8. The molecule has 318 valence electrons. The highest BCUT2D eigenvalue weighted by Crippen LogP contribution is 2.42. The van der Waals surface area contributed by atoms with Gasteiger partial charge in [-0.05, 0) is 68.8 Å². The molecule has 0 radical (unpaired) electrons. The van der Waals surface area contributed by atoms with Crippen molar-refractivity contribution >= 4 is 63.3 Å². The number of fused-ring (bicyclic) bond motifs is 6. The van der Waals surface area contributed by atoms with Crippen molar-refractivity contribution in [1.29, 1.82) is 0 Å². The third kappa shape index (κ3) is 7.24. The number of aromatic nitrogens is 4. The van der Waals surface area contributed by atoms with Crippen LogP contribution in [0.3, 0.4) is 0 Å². The summed E-state index contributed by atoms with van der Waals surface area (Å²) in [5.74, 6) is 1.44. The van der Waals surface area contributed by atoms with Crippen molar-refractivity contribution in [3.63, 3.8) is 0 Å². The van der Waals surface area contributed by atoms with Gasteiger partial charge in [-0.2, -0.15) is 0 Å². The highest BCUT2D eigenvalue weighted by molar-refractivity contribution is 7.26. The Morgan fingerprint density at radius 2 is 0.544 bits per heavy atom. The van der Waals surface area contributed by atoms with Crippen molar-refractivity contribution in [3.05, 3.63) is 231 Å². The lowest BCUT2D eigenvalue weighted by Gasteiger charge is -2.11. The summed E-state index contributed by atoms with van der Waals surface area (Å²) in [6.07, 6.45) is 0. The third-order valence-electron chi connectivity index (χ3n) is 12.8. The van der Waals surface area contributed by atoms with Gasteiger partial charge in [-0.15, -0.1) is 22.7 Å². The number of thiophene rings is 2. The van der Waals surface area contributed by atoms with E-state index in [9.17, 15) is 0 Å². The third-order valence-corrected chi connectivity index (χ3v) is 14.9. The summed E-state index contributed by atoms with van der Waals surface area (Å²) < 4.78 is 2.41. The van der Waals surface area contributed by atoms with Gasteiger partial charge in [-0.3, -0.25) is 0 Å². The van der Waals surface area contributed by atoms with Crippen molar-refractivity contribution in [2.45, 2.75) is 0 Å². The van der Waals surface area contributed by atoms with E-state index in [0.717, 1.165) is 99.1 Å². The van der Waals surface area contributed by atoms with Gasteiger partial charge in [-0.25, -0.2) is 19.9 Å². The summed E-state index contributed by atoms with van der Waals surface area (Å²) in [7, 11) is 0. The molecule has 0 aliphatic heterocycles. The van der Waals surface area contributed by atoms with Gasteiger partial charge in [0.15, 0.2) is 11.6 Å². The monoisotopic (exact) mass is 902 g/mol. The molecular weight excluding hydrogens is 865 g/mol. The molecule has 4 aromatic heterocycles. The maximum Gasteiger partial charge on any atom is 0.161 e. The Kier molecular flexibility index (Phi) is 9.85. The molecule has 0 N–H and O–H groups in total. The second-order valence-corrected chi connectivity index (χ2v) is 19.0. The summed E-state index contributed by atoms with van der Waals surface area (Å²) in [6.45, 7) is 0. The predicted molar refractivity (Wildman–Crippen MR) is 287 cm³/mol. The quantitative estimate of drug-likeness (QED) is 0.152. The average Bonchev–Trinajstić information content (AvgIpc) is 4.00. The van der Waals surface area contributed by atoms with Gasteiger partial charge in [0.1, 0.15) is 9.66 Å². The maximum atomic E-state index is 5.31. The van der Waals surface area contributed by atoms with Crippen molar-refractivity contribution in [2.24, 2.45) is 0 Å². The first kappa shape index (κ1) is 39.9. The molecule has 68 heavy (non-hydrogen) atoms. The molecule has 13 aromatic rings. The number of hydrogen-bond acceptors (Lipinski definition) is 6. The molecule has 4 nitrogen and oxygen atoms in total. The first-order valence-corrected chi connectivity index (χ1v) is 24.3. The van der Waals surface area contributed by atoms with Crippen LogP contribution in [0, 0.1) is 0 Å². The average molecular weight is 903 g/mol. The Bertz CT molecular complexity index is 3730. The van der Waals surface area contributed by atoms with E-state index in [-0.39, 0.29) is 0 Å². The molecule has 0 saturated carbocycles. The normalized spacial score (nSPS) is 11.5. The van der Waals surface area contributed by atoms with Gasteiger partial charge in [0.2, 0.25) is 0 Å². The predicted octanol–water partition coefficient (Wildman–Crippen LogP) is 17.3. The van der Waals surface area contributed by atoms with Crippen molar-refractivity contribution in [1.82, 2.24) is 19.9 Å². The Balaban J connectivity index is 0.794. The van der Waals surface area contributed by atoms with Gasteiger partial charge in [0, 0.05) is 53.2 Å². The standard InChI is InChI=1S/C62H38N4S2/c1-3-13-39(14-4-1)47-17-11-19-49(37-47)57-55-51-21-7-9-23-53(51)67-61(55)65-59(63-57)45-33-29-43(30-34-45)41-25-27-42(28-26-41)44-31-35-46(36-32-44)60-64-58(56-52-22-8-10-24-54(52)68-62(56)66-60)50-20-12-18-48(38-50)40-15-5-2-6-16-40/h1-38H. The Hall–Kier alpha value is -8.42. The van der Waals surface area contributed by atoms with E-state index in [1.807, 2.05) is 0 Å². The highest BCUT2D eigenvalue weighted by atomic mass is 32.1. The lowest BCUT2D eigenvalue weighted by atomic mass is 9.98.